The summed E-state index contributed by atoms with van der Waals surface area (Å²) in [7, 11) is 0. The van der Waals surface area contributed by atoms with Crippen molar-refractivity contribution in [2.24, 2.45) is 0 Å². The van der Waals surface area contributed by atoms with Gasteiger partial charge in [0.05, 0.1) is 13.2 Å². The van der Waals surface area contributed by atoms with Crippen molar-refractivity contribution in [2.45, 2.75) is 6.04 Å². The highest BCUT2D eigenvalue weighted by atomic mass is 19.1. The van der Waals surface area contributed by atoms with Gasteiger partial charge in [0.2, 0.25) is 5.95 Å². The molecule has 0 aromatic carbocycles. The quantitative estimate of drug-likeness (QED) is 0.760. The summed E-state index contributed by atoms with van der Waals surface area (Å²) in [5.74, 6) is -2.54. The largest absolute Gasteiger partial charge is 0.480 e. The van der Waals surface area contributed by atoms with Crippen LogP contribution < -0.4 is 0 Å². The first-order valence-corrected chi connectivity index (χ1v) is 5.33. The van der Waals surface area contributed by atoms with Crippen LogP contribution in [0.2, 0.25) is 0 Å². The molecule has 1 fully saturated rings. The van der Waals surface area contributed by atoms with Gasteiger partial charge in [0.15, 0.2) is 6.04 Å². The third kappa shape index (κ3) is 2.45. The van der Waals surface area contributed by atoms with Crippen LogP contribution in [0.3, 0.4) is 0 Å². The van der Waals surface area contributed by atoms with E-state index in [9.17, 15) is 14.0 Å². The van der Waals surface area contributed by atoms with Crippen molar-refractivity contribution in [3.63, 3.8) is 0 Å². The molecule has 6 nitrogen and oxygen atoms in total. The van der Waals surface area contributed by atoms with E-state index in [1.807, 2.05) is 0 Å². The van der Waals surface area contributed by atoms with Crippen molar-refractivity contribution >= 4 is 11.9 Å². The Balaban J connectivity index is 2.23. The van der Waals surface area contributed by atoms with Crippen molar-refractivity contribution in [1.82, 2.24) is 9.88 Å². The lowest BCUT2D eigenvalue weighted by molar-refractivity contribution is -0.147. The fraction of sp³-hybridized carbons (Fsp3) is 0.364. The van der Waals surface area contributed by atoms with E-state index in [1.165, 1.54) is 12.1 Å². The number of ether oxygens (including phenoxy) is 1. The molecular formula is C11H11FN2O4. The van der Waals surface area contributed by atoms with Crippen molar-refractivity contribution in [3.8, 4) is 0 Å². The second-order valence-corrected chi connectivity index (χ2v) is 3.77. The van der Waals surface area contributed by atoms with Crippen LogP contribution in [0.15, 0.2) is 18.2 Å². The summed E-state index contributed by atoms with van der Waals surface area (Å²) >= 11 is 0. The van der Waals surface area contributed by atoms with E-state index in [0.717, 1.165) is 11.0 Å². The summed E-state index contributed by atoms with van der Waals surface area (Å²) in [5, 5.41) is 8.99. The molecule has 7 heteroatoms. The maximum Gasteiger partial charge on any atom is 0.328 e. The van der Waals surface area contributed by atoms with Crippen LogP contribution in [-0.4, -0.2) is 52.7 Å². The number of hydrogen-bond acceptors (Lipinski definition) is 4. The average molecular weight is 254 g/mol. The molecular weight excluding hydrogens is 243 g/mol. The van der Waals surface area contributed by atoms with Crippen LogP contribution >= 0.6 is 0 Å². The Hall–Kier alpha value is -2.02. The summed E-state index contributed by atoms with van der Waals surface area (Å²) in [4.78, 5) is 27.6. The number of amides is 1. The highest BCUT2D eigenvalue weighted by Crippen LogP contribution is 2.12. The first kappa shape index (κ1) is 12.4. The maximum absolute atomic E-state index is 12.9. The Morgan fingerprint density at radius 1 is 1.50 bits per heavy atom. The molecule has 1 unspecified atom stereocenters. The van der Waals surface area contributed by atoms with E-state index in [-0.39, 0.29) is 25.5 Å². The smallest absolute Gasteiger partial charge is 0.328 e. The van der Waals surface area contributed by atoms with Gasteiger partial charge < -0.3 is 14.7 Å². The van der Waals surface area contributed by atoms with Gasteiger partial charge in [-0.1, -0.05) is 6.07 Å². The molecule has 1 aliphatic heterocycles. The molecule has 0 aliphatic carbocycles. The molecule has 1 N–H and O–H groups in total. The molecule has 1 aromatic heterocycles. The maximum atomic E-state index is 12.9. The first-order valence-electron chi connectivity index (χ1n) is 5.33. The van der Waals surface area contributed by atoms with Gasteiger partial charge in [0, 0.05) is 6.54 Å². The van der Waals surface area contributed by atoms with Crippen LogP contribution in [0, 0.1) is 5.95 Å². The molecule has 0 saturated carbocycles. The van der Waals surface area contributed by atoms with Gasteiger partial charge in [-0.15, -0.1) is 0 Å². The standard InChI is InChI=1S/C11H11FN2O4/c12-9-3-1-2-7(13-9)10(15)14-4-5-18-6-8(14)11(16)17/h1-3,8H,4-6H2,(H,16,17). The lowest BCUT2D eigenvalue weighted by Crippen LogP contribution is -2.52. The van der Waals surface area contributed by atoms with Crippen LogP contribution in [0.4, 0.5) is 4.39 Å². The zero-order valence-electron chi connectivity index (χ0n) is 9.38. The summed E-state index contributed by atoms with van der Waals surface area (Å²) in [6, 6.07) is 2.76. The molecule has 96 valence electrons. The minimum absolute atomic E-state index is 0.0730. The third-order valence-electron chi connectivity index (χ3n) is 2.61. The summed E-state index contributed by atoms with van der Waals surface area (Å²) in [5.41, 5.74) is -0.108. The number of aromatic nitrogens is 1. The van der Waals surface area contributed by atoms with Crippen LogP contribution in [0.5, 0.6) is 0 Å². The predicted octanol–water partition coefficient (Wildman–Crippen LogP) is 0.146. The summed E-state index contributed by atoms with van der Waals surface area (Å²) in [6.07, 6.45) is 0. The molecule has 1 aliphatic rings. The van der Waals surface area contributed by atoms with Crippen molar-refractivity contribution in [2.75, 3.05) is 19.8 Å². The minimum Gasteiger partial charge on any atom is -0.480 e. The molecule has 2 heterocycles. The SMILES string of the molecule is O=C(O)C1COCCN1C(=O)c1cccc(F)n1. The summed E-state index contributed by atoms with van der Waals surface area (Å²) in [6.45, 7) is 0.329. The van der Waals surface area contributed by atoms with E-state index in [4.69, 9.17) is 9.84 Å². The van der Waals surface area contributed by atoms with Gasteiger partial charge in [0.25, 0.3) is 5.91 Å². The van der Waals surface area contributed by atoms with Gasteiger partial charge in [-0.2, -0.15) is 4.39 Å². The van der Waals surface area contributed by atoms with Crippen molar-refractivity contribution in [1.29, 1.82) is 0 Å². The highest BCUT2D eigenvalue weighted by molar-refractivity contribution is 5.95. The topological polar surface area (TPSA) is 79.7 Å². The number of carboxylic acid groups (broad SMARTS) is 1. The monoisotopic (exact) mass is 254 g/mol. The van der Waals surface area contributed by atoms with Crippen molar-refractivity contribution in [3.05, 3.63) is 29.8 Å². The highest BCUT2D eigenvalue weighted by Gasteiger charge is 2.33. The van der Waals surface area contributed by atoms with E-state index in [0.29, 0.717) is 0 Å². The molecule has 1 saturated heterocycles. The van der Waals surface area contributed by atoms with E-state index in [1.54, 1.807) is 0 Å². The molecule has 2 rings (SSSR count). The number of rotatable bonds is 2. The van der Waals surface area contributed by atoms with Gasteiger partial charge in [-0.05, 0) is 12.1 Å². The van der Waals surface area contributed by atoms with Gasteiger partial charge in [-0.3, -0.25) is 4.79 Å². The normalized spacial score (nSPS) is 19.6. The first-order chi connectivity index (χ1) is 8.59. The number of hydrogen-bond donors (Lipinski definition) is 1. The van der Waals surface area contributed by atoms with Crippen molar-refractivity contribution < 1.29 is 23.8 Å². The average Bonchev–Trinajstić information content (AvgIpc) is 2.38. The van der Waals surface area contributed by atoms with E-state index >= 15 is 0 Å². The molecule has 1 amide bonds. The second kappa shape index (κ2) is 5.09. The molecule has 0 bridgehead atoms. The number of nitrogens with zero attached hydrogens (tertiary/aromatic N) is 2. The van der Waals surface area contributed by atoms with Gasteiger partial charge in [0.1, 0.15) is 5.69 Å². The van der Waals surface area contributed by atoms with Gasteiger partial charge in [-0.25, -0.2) is 9.78 Å². The number of pyridine rings is 1. The van der Waals surface area contributed by atoms with E-state index in [2.05, 4.69) is 4.98 Å². The zero-order chi connectivity index (χ0) is 13.1. The number of halogens is 1. The number of carboxylic acids is 1. The molecule has 18 heavy (non-hydrogen) atoms. The minimum atomic E-state index is -1.15. The number of carbonyl (C=O) groups excluding carboxylic acids is 1. The fourth-order valence-electron chi connectivity index (χ4n) is 1.73. The lowest BCUT2D eigenvalue weighted by Gasteiger charge is -2.32. The van der Waals surface area contributed by atoms with Crippen LogP contribution in [0.25, 0.3) is 0 Å². The summed E-state index contributed by atoms with van der Waals surface area (Å²) < 4.78 is 17.9. The van der Waals surface area contributed by atoms with Crippen LogP contribution in [-0.2, 0) is 9.53 Å². The van der Waals surface area contributed by atoms with Crippen LogP contribution in [0.1, 0.15) is 10.5 Å². The predicted molar refractivity (Wildman–Crippen MR) is 57.5 cm³/mol. The fourth-order valence-corrected chi connectivity index (χ4v) is 1.73. The Labute approximate surface area is 102 Å². The Morgan fingerprint density at radius 2 is 2.28 bits per heavy atom. The Bertz CT molecular complexity index is 480. The number of aliphatic carboxylic acids is 1. The third-order valence-corrected chi connectivity index (χ3v) is 2.61. The lowest BCUT2D eigenvalue weighted by atomic mass is 10.2. The molecule has 1 aromatic rings. The second-order valence-electron chi connectivity index (χ2n) is 3.77. The Kier molecular flexibility index (Phi) is 3.52. The molecule has 0 radical (unpaired) electrons. The molecule has 1 atom stereocenters. The number of morpholine rings is 1. The van der Waals surface area contributed by atoms with Gasteiger partial charge >= 0.3 is 5.97 Å². The Morgan fingerprint density at radius 3 is 2.94 bits per heavy atom. The number of carbonyl (C=O) groups is 2. The molecule has 0 spiro atoms. The zero-order valence-corrected chi connectivity index (χ0v) is 9.38. The van der Waals surface area contributed by atoms with E-state index < -0.39 is 23.9 Å².